The zero-order chi connectivity index (χ0) is 19.1. The topological polar surface area (TPSA) is 40.5 Å². The van der Waals surface area contributed by atoms with E-state index in [2.05, 4.69) is 19.6 Å². The summed E-state index contributed by atoms with van der Waals surface area (Å²) in [5.74, 6) is 3.08. The maximum atomic E-state index is 10.5. The lowest BCUT2D eigenvalue weighted by Crippen LogP contribution is -2.18. The third kappa shape index (κ3) is 6.84. The summed E-state index contributed by atoms with van der Waals surface area (Å²) in [5, 5.41) is 20.8. The number of hydrogen-bond donors (Lipinski definition) is 2. The summed E-state index contributed by atoms with van der Waals surface area (Å²) in [5.41, 5.74) is 0.966. The summed E-state index contributed by atoms with van der Waals surface area (Å²) in [4.78, 5) is 0. The van der Waals surface area contributed by atoms with Crippen LogP contribution in [-0.2, 0) is 0 Å². The van der Waals surface area contributed by atoms with Crippen LogP contribution in [0, 0.1) is 17.8 Å². The Hall–Kier alpha value is -0.610. The number of unbranched alkanes of at least 4 members (excludes halogenated alkanes) is 1. The number of aliphatic hydroxyl groups excluding tert-OH is 2. The van der Waals surface area contributed by atoms with Gasteiger partial charge < -0.3 is 10.2 Å². The molecule has 1 aromatic carbocycles. The zero-order valence-corrected chi connectivity index (χ0v) is 17.5. The Labute approximate surface area is 171 Å². The lowest BCUT2D eigenvalue weighted by Gasteiger charge is -2.21. The standard InChI is InChI=1S/C21H28Cl2O2S/c1-14-9-21(25)20(7-6-16-10-17(22)12-18(23)11-16)19(14)5-3-4-8-26-13-15(2)24/h6-7,10-12,14,19-21,24-25H,2-5,8-9,13H2,1H3/b7-6+/t14-,19+,20-,21-/m1/s1. The average Bonchev–Trinajstić information content (AvgIpc) is 2.81. The van der Waals surface area contributed by atoms with E-state index < -0.39 is 0 Å². The molecular formula is C21H28Cl2O2S. The van der Waals surface area contributed by atoms with Gasteiger partial charge in [0.2, 0.25) is 0 Å². The van der Waals surface area contributed by atoms with Crippen LogP contribution in [0.25, 0.3) is 6.08 Å². The molecule has 0 saturated heterocycles. The van der Waals surface area contributed by atoms with Crippen molar-refractivity contribution in [3.63, 3.8) is 0 Å². The van der Waals surface area contributed by atoms with Gasteiger partial charge in [0.05, 0.1) is 17.6 Å². The Morgan fingerprint density at radius 3 is 2.62 bits per heavy atom. The van der Waals surface area contributed by atoms with Crippen LogP contribution in [0.1, 0.15) is 38.2 Å². The highest BCUT2D eigenvalue weighted by atomic mass is 35.5. The van der Waals surface area contributed by atoms with Gasteiger partial charge in [0.15, 0.2) is 0 Å². The number of halogens is 2. The van der Waals surface area contributed by atoms with Crippen LogP contribution < -0.4 is 0 Å². The smallest absolute Gasteiger partial charge is 0.0949 e. The highest BCUT2D eigenvalue weighted by Crippen LogP contribution is 2.41. The minimum atomic E-state index is -0.284. The van der Waals surface area contributed by atoms with Crippen molar-refractivity contribution in [1.29, 1.82) is 0 Å². The van der Waals surface area contributed by atoms with Gasteiger partial charge in [-0.15, -0.1) is 0 Å². The number of benzene rings is 1. The third-order valence-corrected chi connectivity index (χ3v) is 6.57. The minimum absolute atomic E-state index is 0.174. The lowest BCUT2D eigenvalue weighted by molar-refractivity contribution is 0.140. The number of rotatable bonds is 9. The third-order valence-electron chi connectivity index (χ3n) is 5.02. The first-order valence-electron chi connectivity index (χ1n) is 9.13. The number of hydrogen-bond acceptors (Lipinski definition) is 3. The summed E-state index contributed by atoms with van der Waals surface area (Å²) in [6, 6.07) is 5.49. The Balaban J connectivity index is 1.90. The molecule has 0 amide bonds. The quantitative estimate of drug-likeness (QED) is 0.352. The van der Waals surface area contributed by atoms with Crippen LogP contribution in [0.2, 0.25) is 10.0 Å². The van der Waals surface area contributed by atoms with Crippen molar-refractivity contribution in [1.82, 2.24) is 0 Å². The van der Waals surface area contributed by atoms with Crippen LogP contribution in [0.4, 0.5) is 0 Å². The molecule has 1 aliphatic carbocycles. The molecule has 2 nitrogen and oxygen atoms in total. The zero-order valence-electron chi connectivity index (χ0n) is 15.2. The molecule has 26 heavy (non-hydrogen) atoms. The van der Waals surface area contributed by atoms with Gasteiger partial charge in [-0.05, 0) is 60.6 Å². The summed E-state index contributed by atoms with van der Waals surface area (Å²) in [6.07, 6.45) is 8.11. The van der Waals surface area contributed by atoms with Gasteiger partial charge in [-0.1, -0.05) is 55.3 Å². The largest absolute Gasteiger partial charge is 0.512 e. The van der Waals surface area contributed by atoms with Crippen molar-refractivity contribution >= 4 is 41.0 Å². The Morgan fingerprint density at radius 1 is 1.27 bits per heavy atom. The molecule has 0 heterocycles. The van der Waals surface area contributed by atoms with E-state index in [0.29, 0.717) is 27.6 Å². The molecule has 0 spiro atoms. The first kappa shape index (κ1) is 21.7. The maximum Gasteiger partial charge on any atom is 0.0949 e. The predicted molar refractivity (Wildman–Crippen MR) is 115 cm³/mol. The van der Waals surface area contributed by atoms with Gasteiger partial charge in [-0.25, -0.2) is 0 Å². The molecular weight excluding hydrogens is 387 g/mol. The number of thioether (sulfide) groups is 1. The van der Waals surface area contributed by atoms with Crippen molar-refractivity contribution in [3.05, 3.63) is 52.2 Å². The fourth-order valence-electron chi connectivity index (χ4n) is 3.79. The fraction of sp³-hybridized carbons (Fsp3) is 0.524. The highest BCUT2D eigenvalue weighted by Gasteiger charge is 2.37. The van der Waals surface area contributed by atoms with Crippen LogP contribution >= 0.6 is 35.0 Å². The Kier molecular flexibility index (Phi) is 8.89. The molecule has 0 radical (unpaired) electrons. The second-order valence-electron chi connectivity index (χ2n) is 7.20. The van der Waals surface area contributed by atoms with Gasteiger partial charge in [0.1, 0.15) is 0 Å². The number of aliphatic hydroxyl groups is 2. The van der Waals surface area contributed by atoms with E-state index in [0.717, 1.165) is 37.0 Å². The van der Waals surface area contributed by atoms with Crippen molar-refractivity contribution in [2.45, 2.75) is 38.7 Å². The molecule has 1 aliphatic rings. The molecule has 0 aromatic heterocycles. The molecule has 0 bridgehead atoms. The fourth-order valence-corrected chi connectivity index (χ4v) is 5.12. The Morgan fingerprint density at radius 2 is 1.96 bits per heavy atom. The van der Waals surface area contributed by atoms with Crippen LogP contribution in [-0.4, -0.2) is 27.8 Å². The summed E-state index contributed by atoms with van der Waals surface area (Å²) in [6.45, 7) is 5.74. The molecule has 4 atom stereocenters. The first-order chi connectivity index (χ1) is 12.4. The lowest BCUT2D eigenvalue weighted by atomic mass is 9.85. The second-order valence-corrected chi connectivity index (χ2v) is 9.18. The monoisotopic (exact) mass is 414 g/mol. The summed E-state index contributed by atoms with van der Waals surface area (Å²) < 4.78 is 0. The van der Waals surface area contributed by atoms with Gasteiger partial charge >= 0.3 is 0 Å². The summed E-state index contributed by atoms with van der Waals surface area (Å²) in [7, 11) is 0. The highest BCUT2D eigenvalue weighted by molar-refractivity contribution is 7.99. The molecule has 1 aromatic rings. The van der Waals surface area contributed by atoms with Gasteiger partial charge in [0, 0.05) is 16.0 Å². The van der Waals surface area contributed by atoms with Crippen LogP contribution in [0.15, 0.2) is 36.6 Å². The maximum absolute atomic E-state index is 10.5. The molecule has 0 unspecified atom stereocenters. The molecule has 2 rings (SSSR count). The van der Waals surface area contributed by atoms with E-state index in [1.54, 1.807) is 17.8 Å². The Bertz CT molecular complexity index is 612. The summed E-state index contributed by atoms with van der Waals surface area (Å²) >= 11 is 13.8. The molecule has 1 saturated carbocycles. The van der Waals surface area contributed by atoms with Gasteiger partial charge in [0.25, 0.3) is 0 Å². The van der Waals surface area contributed by atoms with Crippen LogP contribution in [0.3, 0.4) is 0 Å². The van der Waals surface area contributed by atoms with Crippen molar-refractivity contribution in [3.8, 4) is 0 Å². The normalized spacial score (nSPS) is 25.8. The van der Waals surface area contributed by atoms with Gasteiger partial charge in [-0.3, -0.25) is 0 Å². The van der Waals surface area contributed by atoms with Crippen molar-refractivity contribution in [2.75, 3.05) is 11.5 Å². The molecule has 144 valence electrons. The molecule has 1 fully saturated rings. The van der Waals surface area contributed by atoms with Crippen molar-refractivity contribution < 1.29 is 10.2 Å². The molecule has 5 heteroatoms. The minimum Gasteiger partial charge on any atom is -0.512 e. The van der Waals surface area contributed by atoms with Crippen molar-refractivity contribution in [2.24, 2.45) is 17.8 Å². The van der Waals surface area contributed by atoms with E-state index in [1.807, 2.05) is 18.2 Å². The van der Waals surface area contributed by atoms with E-state index >= 15 is 0 Å². The first-order valence-corrected chi connectivity index (χ1v) is 11.0. The van der Waals surface area contributed by atoms with E-state index in [-0.39, 0.29) is 17.8 Å². The van der Waals surface area contributed by atoms with Gasteiger partial charge in [-0.2, -0.15) is 11.8 Å². The van der Waals surface area contributed by atoms with Crippen LogP contribution in [0.5, 0.6) is 0 Å². The molecule has 0 aliphatic heterocycles. The predicted octanol–water partition coefficient (Wildman–Crippen LogP) is 6.61. The van der Waals surface area contributed by atoms with E-state index in [1.165, 1.54) is 0 Å². The van der Waals surface area contributed by atoms with E-state index in [4.69, 9.17) is 28.3 Å². The average molecular weight is 415 g/mol. The molecule has 2 N–H and O–H groups in total. The van der Waals surface area contributed by atoms with E-state index in [9.17, 15) is 5.11 Å². The second kappa shape index (κ2) is 10.7. The SMILES string of the molecule is C=C(O)CSCCCC[C@@H]1[C@@H](/C=C/c2cc(Cl)cc(Cl)c2)[C@H](O)C[C@H]1C.